The summed E-state index contributed by atoms with van der Waals surface area (Å²) in [5.74, 6) is -1.08. The van der Waals surface area contributed by atoms with E-state index in [1.807, 2.05) is 0 Å². The van der Waals surface area contributed by atoms with Crippen LogP contribution in [0.15, 0.2) is 28.2 Å². The molecule has 0 bridgehead atoms. The molecule has 0 unspecified atom stereocenters. The number of methoxy groups -OCH3 is 2. The van der Waals surface area contributed by atoms with Crippen molar-refractivity contribution in [2.24, 2.45) is 27.2 Å². The molecule has 7 nitrogen and oxygen atoms in total. The molecule has 0 heterocycles. The van der Waals surface area contributed by atoms with Crippen molar-refractivity contribution in [1.29, 1.82) is 0 Å². The smallest absolute Gasteiger partial charge is 0.223 e. The van der Waals surface area contributed by atoms with E-state index in [0.717, 1.165) is 0 Å². The maximum Gasteiger partial charge on any atom is 0.223 e. The van der Waals surface area contributed by atoms with Crippen LogP contribution in [-0.2, 0) is 9.47 Å². The molecule has 8 heteroatoms. The standard InChI is InChI=1S/C11H16FN5O2/c1-18-9(19-2)6-3-4-8(7(12)5-6)16-11(15)17-10(13)14/h3-5,9H,1-2H3,(H6,13,14,15,16,17). The lowest BCUT2D eigenvalue weighted by Gasteiger charge is -2.13. The third kappa shape index (κ3) is 4.19. The van der Waals surface area contributed by atoms with Gasteiger partial charge in [0.2, 0.25) is 5.96 Å². The van der Waals surface area contributed by atoms with Gasteiger partial charge in [0.05, 0.1) is 0 Å². The Bertz CT molecular complexity index is 496. The predicted octanol–water partition coefficient (Wildman–Crippen LogP) is 0.337. The van der Waals surface area contributed by atoms with E-state index in [0.29, 0.717) is 5.56 Å². The Hall–Kier alpha value is -2.19. The van der Waals surface area contributed by atoms with Crippen molar-refractivity contribution in [2.75, 3.05) is 14.2 Å². The summed E-state index contributed by atoms with van der Waals surface area (Å²) in [5.41, 5.74) is 16.2. The van der Waals surface area contributed by atoms with E-state index in [-0.39, 0.29) is 17.6 Å². The average molecular weight is 269 g/mol. The number of hydrogen-bond donors (Lipinski definition) is 3. The maximum absolute atomic E-state index is 13.8. The summed E-state index contributed by atoms with van der Waals surface area (Å²) in [7, 11) is 2.91. The number of aliphatic imine (C=N–C) groups is 2. The quantitative estimate of drug-likeness (QED) is 0.413. The van der Waals surface area contributed by atoms with Crippen LogP contribution < -0.4 is 17.2 Å². The summed E-state index contributed by atoms with van der Waals surface area (Å²) in [6.07, 6.45) is -0.650. The van der Waals surface area contributed by atoms with Gasteiger partial charge in [-0.1, -0.05) is 6.07 Å². The van der Waals surface area contributed by atoms with Gasteiger partial charge in [-0.2, -0.15) is 4.99 Å². The summed E-state index contributed by atoms with van der Waals surface area (Å²) in [6, 6.07) is 4.26. The number of nitrogens with zero attached hydrogens (tertiary/aromatic N) is 2. The van der Waals surface area contributed by atoms with Gasteiger partial charge in [-0.05, 0) is 12.1 Å². The third-order valence-electron chi connectivity index (χ3n) is 2.15. The number of rotatable bonds is 4. The molecule has 0 aliphatic heterocycles. The minimum atomic E-state index is -0.650. The average Bonchev–Trinajstić information content (AvgIpc) is 2.33. The minimum Gasteiger partial charge on any atom is -0.370 e. The number of benzene rings is 1. The van der Waals surface area contributed by atoms with Gasteiger partial charge in [-0.25, -0.2) is 9.38 Å². The largest absolute Gasteiger partial charge is 0.370 e. The van der Waals surface area contributed by atoms with E-state index in [1.54, 1.807) is 6.07 Å². The first-order valence-electron chi connectivity index (χ1n) is 5.26. The number of halogens is 1. The number of hydrogen-bond acceptors (Lipinski definition) is 3. The molecule has 0 radical (unpaired) electrons. The highest BCUT2D eigenvalue weighted by Crippen LogP contribution is 2.24. The number of guanidine groups is 2. The van der Waals surface area contributed by atoms with Gasteiger partial charge in [0.25, 0.3) is 0 Å². The highest BCUT2D eigenvalue weighted by molar-refractivity contribution is 5.93. The summed E-state index contributed by atoms with van der Waals surface area (Å²) >= 11 is 0. The van der Waals surface area contributed by atoms with Crippen LogP contribution in [0.5, 0.6) is 0 Å². The van der Waals surface area contributed by atoms with Crippen molar-refractivity contribution in [2.45, 2.75) is 6.29 Å². The molecule has 0 fully saturated rings. The lowest BCUT2D eigenvalue weighted by molar-refractivity contribution is -0.106. The van der Waals surface area contributed by atoms with Crippen molar-refractivity contribution < 1.29 is 13.9 Å². The Morgan fingerprint density at radius 1 is 1.21 bits per heavy atom. The highest BCUT2D eigenvalue weighted by atomic mass is 19.1. The normalized spacial score (nSPS) is 11.7. The van der Waals surface area contributed by atoms with E-state index in [2.05, 4.69) is 9.98 Å². The minimum absolute atomic E-state index is 0.0113. The van der Waals surface area contributed by atoms with Crippen molar-refractivity contribution in [1.82, 2.24) is 0 Å². The van der Waals surface area contributed by atoms with E-state index in [4.69, 9.17) is 26.7 Å². The zero-order valence-corrected chi connectivity index (χ0v) is 10.6. The molecule has 0 aliphatic rings. The maximum atomic E-state index is 13.8. The second-order valence-electron chi connectivity index (χ2n) is 3.52. The molecule has 0 atom stereocenters. The summed E-state index contributed by atoms with van der Waals surface area (Å²) < 4.78 is 23.8. The molecule has 0 spiro atoms. The summed E-state index contributed by atoms with van der Waals surface area (Å²) in [6.45, 7) is 0. The van der Waals surface area contributed by atoms with Crippen molar-refractivity contribution >= 4 is 17.6 Å². The fourth-order valence-electron chi connectivity index (χ4n) is 1.41. The van der Waals surface area contributed by atoms with Gasteiger partial charge in [0, 0.05) is 19.8 Å². The molecular weight excluding hydrogens is 253 g/mol. The molecule has 1 aromatic carbocycles. The van der Waals surface area contributed by atoms with Crippen LogP contribution in [0.2, 0.25) is 0 Å². The lowest BCUT2D eigenvalue weighted by atomic mass is 10.2. The Morgan fingerprint density at radius 2 is 1.84 bits per heavy atom. The molecule has 0 aliphatic carbocycles. The van der Waals surface area contributed by atoms with Crippen molar-refractivity contribution in [3.63, 3.8) is 0 Å². The molecule has 1 rings (SSSR count). The topological polar surface area (TPSA) is 121 Å². The molecule has 6 N–H and O–H groups in total. The van der Waals surface area contributed by atoms with Crippen LogP contribution >= 0.6 is 0 Å². The number of nitrogens with two attached hydrogens (primary N) is 3. The van der Waals surface area contributed by atoms with E-state index >= 15 is 0 Å². The molecule has 0 amide bonds. The summed E-state index contributed by atoms with van der Waals surface area (Å²) in [4.78, 5) is 7.23. The van der Waals surface area contributed by atoms with E-state index < -0.39 is 12.1 Å². The van der Waals surface area contributed by atoms with E-state index in [1.165, 1.54) is 26.4 Å². The molecule has 19 heavy (non-hydrogen) atoms. The van der Waals surface area contributed by atoms with Gasteiger partial charge in [-0.15, -0.1) is 0 Å². The van der Waals surface area contributed by atoms with Crippen molar-refractivity contribution in [3.05, 3.63) is 29.6 Å². The second-order valence-corrected chi connectivity index (χ2v) is 3.52. The Labute approximate surface area is 109 Å². The fraction of sp³-hybridized carbons (Fsp3) is 0.273. The van der Waals surface area contributed by atoms with E-state index in [9.17, 15) is 4.39 Å². The Kier molecular flexibility index (Phi) is 5.22. The molecule has 0 aromatic heterocycles. The predicted molar refractivity (Wildman–Crippen MR) is 70.3 cm³/mol. The summed E-state index contributed by atoms with van der Waals surface area (Å²) in [5, 5.41) is 0. The van der Waals surface area contributed by atoms with Gasteiger partial charge in [0.1, 0.15) is 11.5 Å². The van der Waals surface area contributed by atoms with Crippen LogP contribution in [-0.4, -0.2) is 26.1 Å². The molecule has 0 saturated carbocycles. The number of ether oxygens (including phenoxy) is 2. The Balaban J connectivity index is 3.04. The van der Waals surface area contributed by atoms with Crippen LogP contribution in [0.4, 0.5) is 10.1 Å². The fourth-order valence-corrected chi connectivity index (χ4v) is 1.41. The van der Waals surface area contributed by atoms with Crippen LogP contribution in [0.3, 0.4) is 0 Å². The van der Waals surface area contributed by atoms with Crippen LogP contribution in [0.25, 0.3) is 0 Å². The van der Waals surface area contributed by atoms with Gasteiger partial charge in [-0.3, -0.25) is 0 Å². The monoisotopic (exact) mass is 269 g/mol. The third-order valence-corrected chi connectivity index (χ3v) is 2.15. The van der Waals surface area contributed by atoms with Gasteiger partial charge < -0.3 is 26.7 Å². The first-order valence-corrected chi connectivity index (χ1v) is 5.26. The lowest BCUT2D eigenvalue weighted by Crippen LogP contribution is -2.26. The zero-order valence-electron chi connectivity index (χ0n) is 10.6. The second kappa shape index (κ2) is 6.66. The first kappa shape index (κ1) is 14.9. The van der Waals surface area contributed by atoms with Gasteiger partial charge in [0.15, 0.2) is 12.2 Å². The van der Waals surface area contributed by atoms with Gasteiger partial charge >= 0.3 is 0 Å². The first-order chi connectivity index (χ1) is 8.97. The zero-order chi connectivity index (χ0) is 14.4. The van der Waals surface area contributed by atoms with Crippen LogP contribution in [0, 0.1) is 5.82 Å². The molecule has 1 aromatic rings. The SMILES string of the molecule is COC(OC)c1ccc(N=C(N)N=C(N)N)c(F)c1. The molecular formula is C11H16FN5O2. The molecule has 104 valence electrons. The van der Waals surface area contributed by atoms with Crippen molar-refractivity contribution in [3.8, 4) is 0 Å². The Morgan fingerprint density at radius 3 is 2.32 bits per heavy atom. The molecule has 0 saturated heterocycles. The van der Waals surface area contributed by atoms with Crippen LogP contribution in [0.1, 0.15) is 11.9 Å². The highest BCUT2D eigenvalue weighted by Gasteiger charge is 2.11.